The Bertz CT molecular complexity index is 486. The lowest BCUT2D eigenvalue weighted by atomic mass is 10.1. The molecular formula is C15H14O2. The van der Waals surface area contributed by atoms with Gasteiger partial charge in [-0.3, -0.25) is 4.79 Å². The number of Topliss-reactive ketones (excluding diaryl/α,β-unsaturated/α-hetero) is 1. The monoisotopic (exact) mass is 226 g/mol. The van der Waals surface area contributed by atoms with E-state index in [2.05, 4.69) is 0 Å². The number of aryl methyl sites for hydroxylation is 1. The van der Waals surface area contributed by atoms with Crippen molar-refractivity contribution in [2.75, 3.05) is 6.61 Å². The molecular weight excluding hydrogens is 212 g/mol. The van der Waals surface area contributed by atoms with Gasteiger partial charge in [0.05, 0.1) is 0 Å². The first-order valence-corrected chi connectivity index (χ1v) is 5.53. The zero-order valence-corrected chi connectivity index (χ0v) is 9.72. The molecule has 0 saturated carbocycles. The molecule has 0 aliphatic rings. The summed E-state index contributed by atoms with van der Waals surface area (Å²) in [5, 5.41) is 0. The van der Waals surface area contributed by atoms with Gasteiger partial charge in [-0.25, -0.2) is 0 Å². The Morgan fingerprint density at radius 3 is 2.29 bits per heavy atom. The molecule has 0 bridgehead atoms. The van der Waals surface area contributed by atoms with Crippen molar-refractivity contribution in [2.45, 2.75) is 6.92 Å². The van der Waals surface area contributed by atoms with Crippen LogP contribution in [0.15, 0.2) is 54.6 Å². The van der Waals surface area contributed by atoms with Crippen molar-refractivity contribution < 1.29 is 9.53 Å². The molecule has 0 aromatic heterocycles. The van der Waals surface area contributed by atoms with Crippen LogP contribution in [0.5, 0.6) is 5.75 Å². The molecule has 0 aliphatic heterocycles. The zero-order valence-electron chi connectivity index (χ0n) is 9.72. The van der Waals surface area contributed by atoms with E-state index in [0.717, 1.165) is 5.56 Å². The van der Waals surface area contributed by atoms with E-state index in [4.69, 9.17) is 4.74 Å². The maximum atomic E-state index is 11.8. The number of carbonyl (C=O) groups excluding carboxylic acids is 1. The summed E-state index contributed by atoms with van der Waals surface area (Å²) in [5.74, 6) is 0.710. The molecule has 17 heavy (non-hydrogen) atoms. The van der Waals surface area contributed by atoms with Gasteiger partial charge in [0.25, 0.3) is 0 Å². The van der Waals surface area contributed by atoms with Crippen LogP contribution in [0.25, 0.3) is 0 Å². The van der Waals surface area contributed by atoms with Crippen molar-refractivity contribution in [1.82, 2.24) is 0 Å². The number of ether oxygens (including phenoxy) is 1. The summed E-state index contributed by atoms with van der Waals surface area (Å²) in [7, 11) is 0. The Hall–Kier alpha value is -2.09. The summed E-state index contributed by atoms with van der Waals surface area (Å²) in [6, 6.07) is 16.8. The highest BCUT2D eigenvalue weighted by Crippen LogP contribution is 2.10. The third kappa shape index (κ3) is 3.18. The van der Waals surface area contributed by atoms with E-state index in [1.54, 1.807) is 0 Å². The second kappa shape index (κ2) is 5.30. The highest BCUT2D eigenvalue weighted by atomic mass is 16.5. The molecule has 0 spiro atoms. The summed E-state index contributed by atoms with van der Waals surface area (Å²) in [6.07, 6.45) is 0. The Morgan fingerprint density at radius 2 is 1.65 bits per heavy atom. The molecule has 0 aliphatic carbocycles. The predicted octanol–water partition coefficient (Wildman–Crippen LogP) is 3.26. The van der Waals surface area contributed by atoms with Crippen molar-refractivity contribution in [3.05, 3.63) is 65.7 Å². The van der Waals surface area contributed by atoms with Crippen LogP contribution in [-0.4, -0.2) is 12.4 Å². The fourth-order valence-corrected chi connectivity index (χ4v) is 1.49. The summed E-state index contributed by atoms with van der Waals surface area (Å²) in [6.45, 7) is 2.07. The molecule has 0 radical (unpaired) electrons. The van der Waals surface area contributed by atoms with E-state index >= 15 is 0 Å². The SMILES string of the molecule is Cc1ccc(C(=O)COc2ccccc2)cc1. The third-order valence-corrected chi connectivity index (χ3v) is 2.49. The predicted molar refractivity (Wildman–Crippen MR) is 67.4 cm³/mol. The van der Waals surface area contributed by atoms with Crippen LogP contribution >= 0.6 is 0 Å². The van der Waals surface area contributed by atoms with Gasteiger partial charge in [-0.05, 0) is 19.1 Å². The third-order valence-electron chi connectivity index (χ3n) is 2.49. The van der Waals surface area contributed by atoms with Crippen LogP contribution in [0, 0.1) is 6.92 Å². The molecule has 0 N–H and O–H groups in total. The Morgan fingerprint density at radius 1 is 1.00 bits per heavy atom. The molecule has 0 heterocycles. The molecule has 0 saturated heterocycles. The lowest BCUT2D eigenvalue weighted by Gasteiger charge is -2.05. The molecule has 0 fully saturated rings. The van der Waals surface area contributed by atoms with Gasteiger partial charge in [0, 0.05) is 5.56 Å². The Kier molecular flexibility index (Phi) is 3.55. The maximum absolute atomic E-state index is 11.8. The first kappa shape index (κ1) is 11.4. The maximum Gasteiger partial charge on any atom is 0.200 e. The Labute approximate surface area is 101 Å². The zero-order chi connectivity index (χ0) is 12.1. The number of benzene rings is 2. The minimum Gasteiger partial charge on any atom is -0.485 e. The number of carbonyl (C=O) groups is 1. The largest absolute Gasteiger partial charge is 0.485 e. The van der Waals surface area contributed by atoms with Crippen molar-refractivity contribution in [2.24, 2.45) is 0 Å². The summed E-state index contributed by atoms with van der Waals surface area (Å²) < 4.78 is 5.40. The van der Waals surface area contributed by atoms with E-state index < -0.39 is 0 Å². The number of rotatable bonds is 4. The van der Waals surface area contributed by atoms with Gasteiger partial charge in [0.1, 0.15) is 5.75 Å². The lowest BCUT2D eigenvalue weighted by molar-refractivity contribution is 0.0921. The summed E-state index contributed by atoms with van der Waals surface area (Å²) in [5.41, 5.74) is 1.83. The first-order chi connectivity index (χ1) is 8.25. The summed E-state index contributed by atoms with van der Waals surface area (Å²) >= 11 is 0. The van der Waals surface area contributed by atoms with Crippen LogP contribution in [-0.2, 0) is 0 Å². The van der Waals surface area contributed by atoms with Crippen molar-refractivity contribution in [3.8, 4) is 5.75 Å². The van der Waals surface area contributed by atoms with Gasteiger partial charge in [-0.2, -0.15) is 0 Å². The smallest absolute Gasteiger partial charge is 0.200 e. The van der Waals surface area contributed by atoms with E-state index in [1.807, 2.05) is 61.5 Å². The number of para-hydroxylation sites is 1. The second-order valence-electron chi connectivity index (χ2n) is 3.89. The number of ketones is 1. The van der Waals surface area contributed by atoms with Crippen LogP contribution in [0.1, 0.15) is 15.9 Å². The van der Waals surface area contributed by atoms with Crippen molar-refractivity contribution in [1.29, 1.82) is 0 Å². The number of hydrogen-bond acceptors (Lipinski definition) is 2. The second-order valence-corrected chi connectivity index (χ2v) is 3.89. The van der Waals surface area contributed by atoms with Crippen LogP contribution < -0.4 is 4.74 Å². The van der Waals surface area contributed by atoms with E-state index in [-0.39, 0.29) is 12.4 Å². The van der Waals surface area contributed by atoms with E-state index in [1.165, 1.54) is 0 Å². The van der Waals surface area contributed by atoms with Gasteiger partial charge in [0.15, 0.2) is 12.4 Å². The molecule has 2 aromatic carbocycles. The van der Waals surface area contributed by atoms with Crippen molar-refractivity contribution in [3.63, 3.8) is 0 Å². The van der Waals surface area contributed by atoms with Crippen LogP contribution in [0.2, 0.25) is 0 Å². The molecule has 2 heteroatoms. The fourth-order valence-electron chi connectivity index (χ4n) is 1.49. The molecule has 2 rings (SSSR count). The van der Waals surface area contributed by atoms with Crippen LogP contribution in [0.4, 0.5) is 0 Å². The van der Waals surface area contributed by atoms with Gasteiger partial charge >= 0.3 is 0 Å². The van der Waals surface area contributed by atoms with Gasteiger partial charge in [0.2, 0.25) is 0 Å². The van der Waals surface area contributed by atoms with Gasteiger partial charge in [-0.15, -0.1) is 0 Å². The summed E-state index contributed by atoms with van der Waals surface area (Å²) in [4.78, 5) is 11.8. The first-order valence-electron chi connectivity index (χ1n) is 5.53. The minimum absolute atomic E-state index is 0.00569. The van der Waals surface area contributed by atoms with E-state index in [9.17, 15) is 4.79 Å². The highest BCUT2D eigenvalue weighted by molar-refractivity contribution is 5.97. The topological polar surface area (TPSA) is 26.3 Å². The molecule has 2 nitrogen and oxygen atoms in total. The molecule has 0 atom stereocenters. The fraction of sp³-hybridized carbons (Fsp3) is 0.133. The van der Waals surface area contributed by atoms with Gasteiger partial charge < -0.3 is 4.74 Å². The van der Waals surface area contributed by atoms with Crippen LogP contribution in [0.3, 0.4) is 0 Å². The van der Waals surface area contributed by atoms with Gasteiger partial charge in [-0.1, -0.05) is 48.0 Å². The molecule has 0 amide bonds. The average Bonchev–Trinajstić information content (AvgIpc) is 2.38. The Balaban J connectivity index is 1.96. The minimum atomic E-state index is -0.00569. The quantitative estimate of drug-likeness (QED) is 0.748. The van der Waals surface area contributed by atoms with Crippen molar-refractivity contribution >= 4 is 5.78 Å². The highest BCUT2D eigenvalue weighted by Gasteiger charge is 2.05. The standard InChI is InChI=1S/C15H14O2/c1-12-7-9-13(10-8-12)15(16)11-17-14-5-3-2-4-6-14/h2-10H,11H2,1H3. The normalized spacial score (nSPS) is 9.94. The molecule has 2 aromatic rings. The van der Waals surface area contributed by atoms with E-state index in [0.29, 0.717) is 11.3 Å². The number of hydrogen-bond donors (Lipinski definition) is 0. The lowest BCUT2D eigenvalue weighted by Crippen LogP contribution is -2.11. The average molecular weight is 226 g/mol. The molecule has 86 valence electrons. The molecule has 0 unspecified atom stereocenters.